The molecule has 2 aromatic heterocycles. The summed E-state index contributed by atoms with van der Waals surface area (Å²) in [6, 6.07) is 18.0. The van der Waals surface area contributed by atoms with Crippen molar-refractivity contribution in [2.45, 2.75) is 6.54 Å². The molecular formula is C24H21ClN6O4. The third-order valence-corrected chi connectivity index (χ3v) is 5.37. The van der Waals surface area contributed by atoms with Crippen LogP contribution in [0, 0.1) is 10.1 Å². The maximum absolute atomic E-state index is 12.3. The Labute approximate surface area is 206 Å². The number of methoxy groups -OCH3 is 2. The molecule has 4 rings (SSSR count). The summed E-state index contributed by atoms with van der Waals surface area (Å²) in [7, 11) is 2.95. The summed E-state index contributed by atoms with van der Waals surface area (Å²) in [4.78, 5) is 26.3. The Morgan fingerprint density at radius 1 is 1.00 bits per heavy atom. The average Bonchev–Trinajstić information content (AvgIpc) is 2.88. The first-order valence-corrected chi connectivity index (χ1v) is 10.8. The number of nitrogens with zero attached hydrogens (tertiary/aromatic N) is 5. The van der Waals surface area contributed by atoms with Crippen LogP contribution in [-0.2, 0) is 6.54 Å². The number of aromatic nitrogens is 3. The molecule has 0 unspecified atom stereocenters. The van der Waals surface area contributed by atoms with Crippen LogP contribution in [0.1, 0.15) is 5.56 Å². The third-order valence-electron chi connectivity index (χ3n) is 5.08. The maximum Gasteiger partial charge on any atom is 0.354 e. The molecule has 0 fully saturated rings. The lowest BCUT2D eigenvalue weighted by molar-refractivity contribution is -0.383. The van der Waals surface area contributed by atoms with Gasteiger partial charge in [-0.2, -0.15) is 0 Å². The number of ether oxygens (including phenoxy) is 2. The van der Waals surface area contributed by atoms with Gasteiger partial charge < -0.3 is 19.7 Å². The quantitative estimate of drug-likeness (QED) is 0.237. The number of anilines is 4. The van der Waals surface area contributed by atoms with Crippen molar-refractivity contribution in [3.05, 3.63) is 93.9 Å². The summed E-state index contributed by atoms with van der Waals surface area (Å²) < 4.78 is 10.6. The van der Waals surface area contributed by atoms with Crippen molar-refractivity contribution >= 4 is 40.4 Å². The summed E-state index contributed by atoms with van der Waals surface area (Å²) >= 11 is 6.28. The minimum atomic E-state index is -0.532. The molecule has 35 heavy (non-hydrogen) atoms. The van der Waals surface area contributed by atoms with Crippen molar-refractivity contribution in [2.24, 2.45) is 0 Å². The Morgan fingerprint density at radius 3 is 2.40 bits per heavy atom. The Bertz CT molecular complexity index is 1320. The van der Waals surface area contributed by atoms with Gasteiger partial charge >= 0.3 is 5.69 Å². The maximum atomic E-state index is 12.3. The van der Waals surface area contributed by atoms with Crippen molar-refractivity contribution in [3.63, 3.8) is 0 Å². The first kappa shape index (κ1) is 23.7. The highest BCUT2D eigenvalue weighted by molar-refractivity contribution is 6.32. The molecular weight excluding hydrogens is 472 g/mol. The smallest absolute Gasteiger partial charge is 0.354 e. The first-order chi connectivity index (χ1) is 17.0. The van der Waals surface area contributed by atoms with Crippen molar-refractivity contribution in [1.29, 1.82) is 0 Å². The van der Waals surface area contributed by atoms with Gasteiger partial charge in [-0.05, 0) is 23.8 Å². The van der Waals surface area contributed by atoms with E-state index in [4.69, 9.17) is 21.1 Å². The topological polar surface area (TPSA) is 116 Å². The lowest BCUT2D eigenvalue weighted by Crippen LogP contribution is -2.21. The minimum absolute atomic E-state index is 0.0338. The van der Waals surface area contributed by atoms with E-state index in [0.717, 1.165) is 5.56 Å². The van der Waals surface area contributed by atoms with Gasteiger partial charge in [0.05, 0.1) is 36.4 Å². The number of pyridine rings is 1. The fourth-order valence-corrected chi connectivity index (χ4v) is 3.70. The fourth-order valence-electron chi connectivity index (χ4n) is 3.46. The van der Waals surface area contributed by atoms with Crippen molar-refractivity contribution in [2.75, 3.05) is 24.4 Å². The zero-order valence-electron chi connectivity index (χ0n) is 18.9. The van der Waals surface area contributed by atoms with E-state index >= 15 is 0 Å². The van der Waals surface area contributed by atoms with Crippen molar-refractivity contribution in [3.8, 4) is 11.5 Å². The molecule has 0 aliphatic heterocycles. The van der Waals surface area contributed by atoms with Gasteiger partial charge in [-0.3, -0.25) is 10.1 Å². The van der Waals surface area contributed by atoms with Gasteiger partial charge in [-0.15, -0.1) is 0 Å². The highest BCUT2D eigenvalue weighted by Gasteiger charge is 2.29. The Kier molecular flexibility index (Phi) is 7.22. The number of rotatable bonds is 9. The molecule has 0 aliphatic rings. The van der Waals surface area contributed by atoms with Crippen LogP contribution in [-0.4, -0.2) is 34.1 Å². The standard InChI is InChI=1S/C24H21ClN6O4/c1-34-19-13-20(35-2)18(12-17(19)25)29-23-22(31(32)33)24(28-15-27-23)30(21-10-6-7-11-26-21)14-16-8-4-3-5-9-16/h3-13,15H,14H2,1-2H3,(H,27,28,29). The predicted molar refractivity (Wildman–Crippen MR) is 133 cm³/mol. The van der Waals surface area contributed by atoms with E-state index in [1.165, 1.54) is 20.5 Å². The molecule has 0 saturated carbocycles. The molecule has 2 heterocycles. The second-order valence-electron chi connectivity index (χ2n) is 7.22. The summed E-state index contributed by atoms with van der Waals surface area (Å²) in [6.45, 7) is 0.298. The van der Waals surface area contributed by atoms with Crippen molar-refractivity contribution in [1.82, 2.24) is 15.0 Å². The van der Waals surface area contributed by atoms with Crippen LogP contribution in [0.15, 0.2) is 73.2 Å². The Morgan fingerprint density at radius 2 is 1.74 bits per heavy atom. The number of hydrogen-bond donors (Lipinski definition) is 1. The van der Waals surface area contributed by atoms with Gasteiger partial charge in [0, 0.05) is 12.3 Å². The van der Waals surface area contributed by atoms with E-state index in [-0.39, 0.29) is 17.3 Å². The van der Waals surface area contributed by atoms with Gasteiger partial charge in [0.25, 0.3) is 0 Å². The zero-order chi connectivity index (χ0) is 24.8. The lowest BCUT2D eigenvalue weighted by Gasteiger charge is -2.23. The van der Waals surface area contributed by atoms with E-state index in [0.29, 0.717) is 34.6 Å². The van der Waals surface area contributed by atoms with Crippen LogP contribution in [0.2, 0.25) is 5.02 Å². The SMILES string of the molecule is COc1cc(OC)c(Nc2ncnc(N(Cc3ccccc3)c3ccccn3)c2[N+](=O)[O-])cc1Cl. The lowest BCUT2D eigenvalue weighted by atomic mass is 10.2. The van der Waals surface area contributed by atoms with Crippen LogP contribution in [0.5, 0.6) is 11.5 Å². The van der Waals surface area contributed by atoms with Crippen LogP contribution in [0.4, 0.5) is 28.8 Å². The molecule has 0 aliphatic carbocycles. The molecule has 2 aromatic carbocycles. The summed E-state index contributed by atoms with van der Waals surface area (Å²) in [5.74, 6) is 1.30. The van der Waals surface area contributed by atoms with Gasteiger partial charge in [0.1, 0.15) is 23.6 Å². The summed E-state index contributed by atoms with van der Waals surface area (Å²) in [5.41, 5.74) is 0.964. The van der Waals surface area contributed by atoms with Crippen LogP contribution in [0.25, 0.3) is 0 Å². The van der Waals surface area contributed by atoms with Gasteiger partial charge in [-0.1, -0.05) is 48.0 Å². The highest BCUT2D eigenvalue weighted by Crippen LogP contribution is 2.41. The number of halogens is 1. The van der Waals surface area contributed by atoms with E-state index < -0.39 is 4.92 Å². The molecule has 0 amide bonds. The molecule has 0 radical (unpaired) electrons. The minimum Gasteiger partial charge on any atom is -0.495 e. The van der Waals surface area contributed by atoms with Crippen LogP contribution in [0.3, 0.4) is 0 Å². The molecule has 0 saturated heterocycles. The molecule has 1 N–H and O–H groups in total. The van der Waals surface area contributed by atoms with E-state index in [1.807, 2.05) is 30.3 Å². The average molecular weight is 493 g/mol. The van der Waals surface area contributed by atoms with E-state index in [1.54, 1.807) is 41.4 Å². The molecule has 178 valence electrons. The molecule has 11 heteroatoms. The predicted octanol–water partition coefficient (Wildman–Crippen LogP) is 5.53. The second-order valence-corrected chi connectivity index (χ2v) is 7.63. The largest absolute Gasteiger partial charge is 0.495 e. The second kappa shape index (κ2) is 10.7. The monoisotopic (exact) mass is 492 g/mol. The van der Waals surface area contributed by atoms with E-state index in [2.05, 4.69) is 20.3 Å². The number of benzene rings is 2. The molecule has 4 aromatic rings. The number of nitrogens with one attached hydrogen (secondary N) is 1. The summed E-state index contributed by atoms with van der Waals surface area (Å²) in [5, 5.41) is 15.6. The highest BCUT2D eigenvalue weighted by atomic mass is 35.5. The first-order valence-electron chi connectivity index (χ1n) is 10.4. The molecule has 10 nitrogen and oxygen atoms in total. The zero-order valence-corrected chi connectivity index (χ0v) is 19.6. The number of nitro groups is 1. The normalized spacial score (nSPS) is 10.5. The molecule has 0 atom stereocenters. The van der Waals surface area contributed by atoms with Gasteiger partial charge in [0.2, 0.25) is 11.6 Å². The van der Waals surface area contributed by atoms with E-state index in [9.17, 15) is 10.1 Å². The summed E-state index contributed by atoms with van der Waals surface area (Å²) in [6.07, 6.45) is 2.87. The third kappa shape index (κ3) is 5.22. The van der Waals surface area contributed by atoms with Crippen LogP contribution < -0.4 is 19.7 Å². The Balaban J connectivity index is 1.83. The molecule has 0 spiro atoms. The molecule has 0 bridgehead atoms. The van der Waals surface area contributed by atoms with Crippen molar-refractivity contribution < 1.29 is 14.4 Å². The van der Waals surface area contributed by atoms with Crippen LogP contribution >= 0.6 is 11.6 Å². The van der Waals surface area contributed by atoms with Gasteiger partial charge in [0.15, 0.2) is 0 Å². The van der Waals surface area contributed by atoms with Gasteiger partial charge in [-0.25, -0.2) is 15.0 Å². The fraction of sp³-hybridized carbons (Fsp3) is 0.125. The Hall–Kier alpha value is -4.44. The number of hydrogen-bond acceptors (Lipinski definition) is 9.